The monoisotopic (exact) mass is 256 g/mol. The van der Waals surface area contributed by atoms with Crippen molar-refractivity contribution in [2.24, 2.45) is 7.05 Å². The van der Waals surface area contributed by atoms with Crippen molar-refractivity contribution in [3.8, 4) is 23.0 Å². The summed E-state index contributed by atoms with van der Waals surface area (Å²) >= 11 is 0. The van der Waals surface area contributed by atoms with Crippen LogP contribution in [0.3, 0.4) is 0 Å². The van der Waals surface area contributed by atoms with Crippen LogP contribution < -0.4 is 9.47 Å². The average molecular weight is 256 g/mol. The summed E-state index contributed by atoms with van der Waals surface area (Å²) in [5.41, 5.74) is 2.73. The molecular formula is C13H12N4O2. The maximum atomic E-state index is 5.56. The molecule has 19 heavy (non-hydrogen) atoms. The number of nitrogens with one attached hydrogen (secondary N) is 1. The van der Waals surface area contributed by atoms with Crippen LogP contribution in [0.15, 0.2) is 24.7 Å². The smallest absolute Gasteiger partial charge is 0.163 e. The zero-order chi connectivity index (χ0) is 12.8. The number of imidazole rings is 2. The van der Waals surface area contributed by atoms with E-state index in [9.17, 15) is 0 Å². The number of nitrogens with zero attached hydrogens (tertiary/aromatic N) is 3. The Labute approximate surface area is 109 Å². The molecule has 0 bridgehead atoms. The number of ether oxygens (including phenoxy) is 2. The lowest BCUT2D eigenvalue weighted by atomic mass is 10.2. The van der Waals surface area contributed by atoms with E-state index in [0.717, 1.165) is 34.1 Å². The summed E-state index contributed by atoms with van der Waals surface area (Å²) in [4.78, 5) is 12.0. The second-order valence-corrected chi connectivity index (χ2v) is 4.49. The van der Waals surface area contributed by atoms with Crippen LogP contribution in [0.1, 0.15) is 0 Å². The Morgan fingerprint density at radius 1 is 1.21 bits per heavy atom. The molecule has 0 unspecified atom stereocenters. The molecule has 6 nitrogen and oxygen atoms in total. The Kier molecular flexibility index (Phi) is 2.05. The summed E-state index contributed by atoms with van der Waals surface area (Å²) in [5.74, 6) is 2.30. The van der Waals surface area contributed by atoms with Gasteiger partial charge in [0.1, 0.15) is 18.9 Å². The van der Waals surface area contributed by atoms with Crippen LogP contribution in [0.2, 0.25) is 0 Å². The normalized spacial score (nSPS) is 13.9. The van der Waals surface area contributed by atoms with Crippen LogP contribution in [0.4, 0.5) is 0 Å². The Morgan fingerprint density at radius 3 is 2.74 bits per heavy atom. The standard InChI is InChI=1S/C13H12N4O2/c1-17-7-14-6-10(17)13-15-8-4-11-12(5-9(8)16-13)19-3-2-18-11/h4-7H,2-3H2,1H3,(H,15,16). The summed E-state index contributed by atoms with van der Waals surface area (Å²) in [6.45, 7) is 1.17. The molecule has 0 fully saturated rings. The highest BCUT2D eigenvalue weighted by Crippen LogP contribution is 2.34. The van der Waals surface area contributed by atoms with Crippen molar-refractivity contribution >= 4 is 11.0 Å². The highest BCUT2D eigenvalue weighted by atomic mass is 16.6. The Hall–Kier alpha value is -2.50. The highest BCUT2D eigenvalue weighted by Gasteiger charge is 2.16. The zero-order valence-electron chi connectivity index (χ0n) is 10.4. The lowest BCUT2D eigenvalue weighted by Crippen LogP contribution is -2.15. The van der Waals surface area contributed by atoms with Gasteiger partial charge in [-0.05, 0) is 0 Å². The minimum absolute atomic E-state index is 0.581. The Balaban J connectivity index is 1.90. The van der Waals surface area contributed by atoms with Gasteiger partial charge in [-0.15, -0.1) is 0 Å². The molecule has 0 saturated heterocycles. The van der Waals surface area contributed by atoms with E-state index >= 15 is 0 Å². The maximum Gasteiger partial charge on any atom is 0.163 e. The Morgan fingerprint density at radius 2 is 2.00 bits per heavy atom. The van der Waals surface area contributed by atoms with Gasteiger partial charge < -0.3 is 19.0 Å². The molecule has 0 aliphatic carbocycles. The molecule has 0 saturated carbocycles. The first kappa shape index (κ1) is 10.4. The molecule has 1 aliphatic rings. The van der Waals surface area contributed by atoms with Gasteiger partial charge in [-0.2, -0.15) is 0 Å². The van der Waals surface area contributed by atoms with Crippen LogP contribution in [-0.4, -0.2) is 32.7 Å². The maximum absolute atomic E-state index is 5.56. The van der Waals surface area contributed by atoms with Crippen LogP contribution in [-0.2, 0) is 7.05 Å². The molecule has 3 heterocycles. The predicted molar refractivity (Wildman–Crippen MR) is 69.3 cm³/mol. The first-order chi connectivity index (χ1) is 9.31. The van der Waals surface area contributed by atoms with E-state index in [0.29, 0.717) is 13.2 Å². The van der Waals surface area contributed by atoms with E-state index in [1.54, 1.807) is 12.5 Å². The fourth-order valence-corrected chi connectivity index (χ4v) is 2.25. The van der Waals surface area contributed by atoms with Crippen molar-refractivity contribution in [3.63, 3.8) is 0 Å². The number of benzene rings is 1. The van der Waals surface area contributed by atoms with E-state index in [4.69, 9.17) is 9.47 Å². The van der Waals surface area contributed by atoms with Crippen LogP contribution in [0.25, 0.3) is 22.6 Å². The second-order valence-electron chi connectivity index (χ2n) is 4.49. The summed E-state index contributed by atoms with van der Waals surface area (Å²) < 4.78 is 13.0. The SMILES string of the molecule is Cn1cncc1-c1nc2cc3c(cc2[nH]1)OCCO3. The number of aromatic amines is 1. The van der Waals surface area contributed by atoms with E-state index in [1.807, 2.05) is 23.7 Å². The van der Waals surface area contributed by atoms with Gasteiger partial charge in [-0.1, -0.05) is 0 Å². The average Bonchev–Trinajstić information content (AvgIpc) is 3.01. The van der Waals surface area contributed by atoms with Crippen LogP contribution in [0.5, 0.6) is 11.5 Å². The molecule has 1 aromatic carbocycles. The zero-order valence-corrected chi connectivity index (χ0v) is 10.4. The van der Waals surface area contributed by atoms with Crippen molar-refractivity contribution in [2.75, 3.05) is 13.2 Å². The van der Waals surface area contributed by atoms with Gasteiger partial charge in [0.15, 0.2) is 17.3 Å². The molecule has 1 aliphatic heterocycles. The molecule has 0 spiro atoms. The van der Waals surface area contributed by atoms with E-state index in [2.05, 4.69) is 15.0 Å². The quantitative estimate of drug-likeness (QED) is 0.720. The highest BCUT2D eigenvalue weighted by molar-refractivity contribution is 5.82. The molecule has 0 amide bonds. The topological polar surface area (TPSA) is 65.0 Å². The molecule has 6 heteroatoms. The minimum atomic E-state index is 0.581. The summed E-state index contributed by atoms with van der Waals surface area (Å²) in [6.07, 6.45) is 3.53. The van der Waals surface area contributed by atoms with Gasteiger partial charge in [0.2, 0.25) is 0 Å². The largest absolute Gasteiger partial charge is 0.486 e. The third-order valence-corrected chi connectivity index (χ3v) is 3.21. The van der Waals surface area contributed by atoms with Gasteiger partial charge in [0.05, 0.1) is 23.6 Å². The molecular weight excluding hydrogens is 244 g/mol. The molecule has 96 valence electrons. The molecule has 0 atom stereocenters. The van der Waals surface area contributed by atoms with Crippen LogP contribution in [0, 0.1) is 0 Å². The summed E-state index contributed by atoms with van der Waals surface area (Å²) in [7, 11) is 1.94. The van der Waals surface area contributed by atoms with E-state index < -0.39 is 0 Å². The first-order valence-electron chi connectivity index (χ1n) is 6.07. The van der Waals surface area contributed by atoms with Gasteiger partial charge >= 0.3 is 0 Å². The molecule has 4 rings (SSSR count). The summed E-state index contributed by atoms with van der Waals surface area (Å²) in [6, 6.07) is 3.83. The number of fused-ring (bicyclic) bond motifs is 2. The van der Waals surface area contributed by atoms with Crippen molar-refractivity contribution < 1.29 is 9.47 Å². The van der Waals surface area contributed by atoms with Gasteiger partial charge in [0, 0.05) is 19.2 Å². The fourth-order valence-electron chi connectivity index (χ4n) is 2.25. The van der Waals surface area contributed by atoms with Crippen LogP contribution >= 0.6 is 0 Å². The third kappa shape index (κ3) is 1.56. The molecule has 3 aromatic rings. The van der Waals surface area contributed by atoms with Gasteiger partial charge in [-0.25, -0.2) is 9.97 Å². The van der Waals surface area contributed by atoms with Crippen molar-refractivity contribution in [1.82, 2.24) is 19.5 Å². The fraction of sp³-hybridized carbons (Fsp3) is 0.231. The van der Waals surface area contributed by atoms with Gasteiger partial charge in [0.25, 0.3) is 0 Å². The molecule has 1 N–H and O–H groups in total. The molecule has 0 radical (unpaired) electrons. The van der Waals surface area contributed by atoms with Crippen molar-refractivity contribution in [2.45, 2.75) is 0 Å². The minimum Gasteiger partial charge on any atom is -0.486 e. The van der Waals surface area contributed by atoms with Gasteiger partial charge in [-0.3, -0.25) is 0 Å². The third-order valence-electron chi connectivity index (χ3n) is 3.21. The number of rotatable bonds is 1. The number of aryl methyl sites for hydroxylation is 1. The van der Waals surface area contributed by atoms with Crippen molar-refractivity contribution in [1.29, 1.82) is 0 Å². The first-order valence-corrected chi connectivity index (χ1v) is 6.07. The second kappa shape index (κ2) is 3.74. The predicted octanol–water partition coefficient (Wildman–Crippen LogP) is 1.73. The van der Waals surface area contributed by atoms with E-state index in [1.165, 1.54) is 0 Å². The number of H-pyrrole nitrogens is 1. The number of hydrogen-bond acceptors (Lipinski definition) is 4. The molecule has 2 aromatic heterocycles. The lowest BCUT2D eigenvalue weighted by molar-refractivity contribution is 0.172. The lowest BCUT2D eigenvalue weighted by Gasteiger charge is -2.17. The van der Waals surface area contributed by atoms with Crippen molar-refractivity contribution in [3.05, 3.63) is 24.7 Å². The van der Waals surface area contributed by atoms with E-state index in [-0.39, 0.29) is 0 Å². The number of aromatic nitrogens is 4. The summed E-state index contributed by atoms with van der Waals surface area (Å²) in [5, 5.41) is 0. The number of hydrogen-bond donors (Lipinski definition) is 1. The Bertz CT molecular complexity index is 716.